The normalized spacial score (nSPS) is 10.3. The molecule has 0 amide bonds. The predicted octanol–water partition coefficient (Wildman–Crippen LogP) is 3.44. The van der Waals surface area contributed by atoms with Crippen LogP contribution in [-0.2, 0) is 11.2 Å². The standard InChI is InChI=1S/C14H14O3S/c1-17-12-5-3-2-4-10(12)11-8-9-18-13(11)6-7-14(15)16/h2-5,8-9H,6-7H2,1H3,(H,15,16). The van der Waals surface area contributed by atoms with Crippen LogP contribution >= 0.6 is 11.3 Å². The van der Waals surface area contributed by atoms with Crippen molar-refractivity contribution in [2.75, 3.05) is 7.11 Å². The first-order chi connectivity index (χ1) is 8.72. The van der Waals surface area contributed by atoms with Crippen molar-refractivity contribution in [3.63, 3.8) is 0 Å². The van der Waals surface area contributed by atoms with E-state index < -0.39 is 5.97 Å². The maximum atomic E-state index is 10.6. The first-order valence-electron chi connectivity index (χ1n) is 5.64. The molecule has 1 N–H and O–H groups in total. The zero-order chi connectivity index (χ0) is 13.0. The van der Waals surface area contributed by atoms with Crippen molar-refractivity contribution in [2.24, 2.45) is 0 Å². The molecule has 1 aromatic carbocycles. The van der Waals surface area contributed by atoms with E-state index in [0.29, 0.717) is 6.42 Å². The second kappa shape index (κ2) is 5.69. The second-order valence-corrected chi connectivity index (χ2v) is 4.85. The Bertz CT molecular complexity index is 545. The quantitative estimate of drug-likeness (QED) is 0.897. The van der Waals surface area contributed by atoms with E-state index in [0.717, 1.165) is 21.8 Å². The molecule has 2 aromatic rings. The van der Waals surface area contributed by atoms with Crippen LogP contribution in [0.1, 0.15) is 11.3 Å². The van der Waals surface area contributed by atoms with E-state index in [1.165, 1.54) is 0 Å². The smallest absolute Gasteiger partial charge is 0.303 e. The van der Waals surface area contributed by atoms with E-state index in [9.17, 15) is 4.79 Å². The minimum Gasteiger partial charge on any atom is -0.496 e. The van der Waals surface area contributed by atoms with Crippen molar-refractivity contribution in [1.29, 1.82) is 0 Å². The molecule has 0 saturated heterocycles. The predicted molar refractivity (Wildman–Crippen MR) is 72.3 cm³/mol. The fourth-order valence-corrected chi connectivity index (χ4v) is 2.76. The number of para-hydroxylation sites is 1. The van der Waals surface area contributed by atoms with E-state index in [1.807, 2.05) is 35.7 Å². The molecule has 0 atom stereocenters. The number of carbonyl (C=O) groups is 1. The number of aliphatic carboxylic acids is 1. The largest absolute Gasteiger partial charge is 0.496 e. The molecule has 4 heteroatoms. The summed E-state index contributed by atoms with van der Waals surface area (Å²) in [5, 5.41) is 10.7. The van der Waals surface area contributed by atoms with Gasteiger partial charge in [-0.05, 0) is 29.5 Å². The molecule has 1 aromatic heterocycles. The Morgan fingerprint density at radius 2 is 2.06 bits per heavy atom. The Morgan fingerprint density at radius 3 is 2.78 bits per heavy atom. The number of thiophene rings is 1. The second-order valence-electron chi connectivity index (χ2n) is 3.85. The van der Waals surface area contributed by atoms with Gasteiger partial charge in [0, 0.05) is 10.4 Å². The first kappa shape index (κ1) is 12.6. The van der Waals surface area contributed by atoms with Crippen LogP contribution in [0.3, 0.4) is 0 Å². The van der Waals surface area contributed by atoms with Crippen LogP contribution < -0.4 is 4.74 Å². The van der Waals surface area contributed by atoms with Gasteiger partial charge in [0.25, 0.3) is 0 Å². The van der Waals surface area contributed by atoms with Gasteiger partial charge in [0.05, 0.1) is 13.5 Å². The van der Waals surface area contributed by atoms with Gasteiger partial charge in [0.15, 0.2) is 0 Å². The molecule has 0 bridgehead atoms. The fraction of sp³-hybridized carbons (Fsp3) is 0.214. The number of carboxylic acid groups (broad SMARTS) is 1. The number of hydrogen-bond acceptors (Lipinski definition) is 3. The SMILES string of the molecule is COc1ccccc1-c1ccsc1CCC(=O)O. The number of ether oxygens (including phenoxy) is 1. The monoisotopic (exact) mass is 262 g/mol. The van der Waals surface area contributed by atoms with Crippen molar-refractivity contribution in [3.8, 4) is 16.9 Å². The van der Waals surface area contributed by atoms with Crippen LogP contribution in [0, 0.1) is 0 Å². The van der Waals surface area contributed by atoms with Gasteiger partial charge >= 0.3 is 5.97 Å². The molecular formula is C14H14O3S. The summed E-state index contributed by atoms with van der Waals surface area (Å²) in [6.07, 6.45) is 0.711. The third kappa shape index (κ3) is 2.71. The van der Waals surface area contributed by atoms with Gasteiger partial charge in [-0.1, -0.05) is 18.2 Å². The van der Waals surface area contributed by atoms with Crippen LogP contribution in [0.2, 0.25) is 0 Å². The van der Waals surface area contributed by atoms with Gasteiger partial charge in [0.2, 0.25) is 0 Å². The lowest BCUT2D eigenvalue weighted by molar-refractivity contribution is -0.136. The minimum atomic E-state index is -0.769. The molecule has 3 nitrogen and oxygen atoms in total. The Labute approximate surface area is 110 Å². The molecule has 0 spiro atoms. The van der Waals surface area contributed by atoms with Gasteiger partial charge in [-0.25, -0.2) is 0 Å². The van der Waals surface area contributed by atoms with Gasteiger partial charge in [-0.2, -0.15) is 0 Å². The van der Waals surface area contributed by atoms with E-state index in [-0.39, 0.29) is 6.42 Å². The maximum absolute atomic E-state index is 10.6. The molecule has 94 valence electrons. The van der Waals surface area contributed by atoms with Crippen molar-refractivity contribution >= 4 is 17.3 Å². The van der Waals surface area contributed by atoms with Gasteiger partial charge in [-0.3, -0.25) is 4.79 Å². The highest BCUT2D eigenvalue weighted by Crippen LogP contribution is 2.35. The number of carboxylic acids is 1. The molecule has 0 fully saturated rings. The van der Waals surface area contributed by atoms with E-state index in [2.05, 4.69) is 0 Å². The molecule has 0 saturated carbocycles. The molecule has 0 unspecified atom stereocenters. The zero-order valence-corrected chi connectivity index (χ0v) is 10.9. The fourth-order valence-electron chi connectivity index (χ4n) is 1.86. The summed E-state index contributed by atoms with van der Waals surface area (Å²) >= 11 is 1.59. The highest BCUT2D eigenvalue weighted by Gasteiger charge is 2.12. The van der Waals surface area contributed by atoms with Crippen molar-refractivity contribution in [1.82, 2.24) is 0 Å². The summed E-state index contributed by atoms with van der Waals surface area (Å²) in [5.41, 5.74) is 2.08. The van der Waals surface area contributed by atoms with Gasteiger partial charge < -0.3 is 9.84 Å². The molecule has 0 aliphatic heterocycles. The molecule has 2 rings (SSSR count). The van der Waals surface area contributed by atoms with Crippen LogP contribution in [-0.4, -0.2) is 18.2 Å². The Hall–Kier alpha value is -1.81. The average Bonchev–Trinajstić information content (AvgIpc) is 2.84. The molecular weight excluding hydrogens is 248 g/mol. The molecule has 1 heterocycles. The van der Waals surface area contributed by atoms with E-state index in [1.54, 1.807) is 18.4 Å². The van der Waals surface area contributed by atoms with Crippen molar-refractivity contribution < 1.29 is 14.6 Å². The van der Waals surface area contributed by atoms with Crippen molar-refractivity contribution in [3.05, 3.63) is 40.6 Å². The topological polar surface area (TPSA) is 46.5 Å². The van der Waals surface area contributed by atoms with E-state index >= 15 is 0 Å². The molecule has 18 heavy (non-hydrogen) atoms. The lowest BCUT2D eigenvalue weighted by Gasteiger charge is -2.08. The summed E-state index contributed by atoms with van der Waals surface area (Å²) in [7, 11) is 1.64. The number of benzene rings is 1. The summed E-state index contributed by atoms with van der Waals surface area (Å²) in [6.45, 7) is 0. The van der Waals surface area contributed by atoms with Crippen LogP contribution in [0.15, 0.2) is 35.7 Å². The van der Waals surface area contributed by atoms with Crippen LogP contribution in [0.5, 0.6) is 5.75 Å². The highest BCUT2D eigenvalue weighted by atomic mass is 32.1. The third-order valence-corrected chi connectivity index (χ3v) is 3.69. The molecule has 0 aliphatic carbocycles. The minimum absolute atomic E-state index is 0.155. The molecule has 0 aliphatic rings. The Balaban J connectivity index is 2.33. The number of rotatable bonds is 5. The average molecular weight is 262 g/mol. The number of aryl methyl sites for hydroxylation is 1. The van der Waals surface area contributed by atoms with Crippen LogP contribution in [0.25, 0.3) is 11.1 Å². The highest BCUT2D eigenvalue weighted by molar-refractivity contribution is 7.10. The number of methoxy groups -OCH3 is 1. The Kier molecular flexibility index (Phi) is 3.99. The lowest BCUT2D eigenvalue weighted by atomic mass is 10.0. The first-order valence-corrected chi connectivity index (χ1v) is 6.52. The summed E-state index contributed by atoms with van der Waals surface area (Å²) in [6, 6.07) is 9.79. The molecule has 0 radical (unpaired) electrons. The van der Waals surface area contributed by atoms with Crippen LogP contribution in [0.4, 0.5) is 0 Å². The van der Waals surface area contributed by atoms with Gasteiger partial charge in [0.1, 0.15) is 5.75 Å². The van der Waals surface area contributed by atoms with Gasteiger partial charge in [-0.15, -0.1) is 11.3 Å². The number of hydrogen-bond donors (Lipinski definition) is 1. The summed E-state index contributed by atoms with van der Waals surface area (Å²) in [5.74, 6) is 0.0434. The summed E-state index contributed by atoms with van der Waals surface area (Å²) < 4.78 is 5.34. The maximum Gasteiger partial charge on any atom is 0.303 e. The zero-order valence-electron chi connectivity index (χ0n) is 10.1. The third-order valence-electron chi connectivity index (χ3n) is 2.71. The van der Waals surface area contributed by atoms with Crippen molar-refractivity contribution in [2.45, 2.75) is 12.8 Å². The Morgan fingerprint density at radius 1 is 1.28 bits per heavy atom. The lowest BCUT2D eigenvalue weighted by Crippen LogP contribution is -1.97. The summed E-state index contributed by atoms with van der Waals surface area (Å²) in [4.78, 5) is 11.7. The van der Waals surface area contributed by atoms with E-state index in [4.69, 9.17) is 9.84 Å².